The van der Waals surface area contributed by atoms with Gasteiger partial charge in [-0.3, -0.25) is 14.6 Å². The highest BCUT2D eigenvalue weighted by molar-refractivity contribution is 6.04. The molecule has 0 aliphatic rings. The van der Waals surface area contributed by atoms with Crippen LogP contribution in [0.4, 0.5) is 0 Å². The first-order valence-corrected chi connectivity index (χ1v) is 9.18. The maximum absolute atomic E-state index is 13.0. The van der Waals surface area contributed by atoms with E-state index in [-0.39, 0.29) is 24.1 Å². The van der Waals surface area contributed by atoms with Crippen LogP contribution in [-0.4, -0.2) is 25.2 Å². The number of nitrogens with one attached hydrogen (secondary N) is 1. The van der Waals surface area contributed by atoms with Crippen LogP contribution < -0.4 is 10.9 Å². The molecule has 0 aromatic carbocycles. The molecule has 0 saturated carbocycles. The van der Waals surface area contributed by atoms with Gasteiger partial charge in [-0.1, -0.05) is 6.07 Å². The van der Waals surface area contributed by atoms with Gasteiger partial charge in [-0.15, -0.1) is 0 Å². The Bertz CT molecular complexity index is 1220. The van der Waals surface area contributed by atoms with Crippen LogP contribution in [0.3, 0.4) is 0 Å². The monoisotopic (exact) mass is 379 g/mol. The third-order valence-corrected chi connectivity index (χ3v) is 4.78. The molecule has 0 aliphatic heterocycles. The average Bonchev–Trinajstić information content (AvgIpc) is 3.19. The predicted molar refractivity (Wildman–Crippen MR) is 105 cm³/mol. The molecule has 0 bridgehead atoms. The number of hydrogen-bond acceptors (Lipinski definition) is 5. The summed E-state index contributed by atoms with van der Waals surface area (Å²) in [7, 11) is 0. The number of furan rings is 1. The van der Waals surface area contributed by atoms with E-state index in [1.165, 1.54) is 4.68 Å². The van der Waals surface area contributed by atoms with Crippen molar-refractivity contribution < 1.29 is 9.21 Å². The minimum absolute atomic E-state index is 0.165. The number of aromatic nitrogens is 4. The van der Waals surface area contributed by atoms with Gasteiger partial charge in [-0.25, -0.2) is 4.68 Å². The van der Waals surface area contributed by atoms with Crippen LogP contribution in [0.25, 0.3) is 22.0 Å². The van der Waals surface area contributed by atoms with E-state index in [9.17, 15) is 9.59 Å². The minimum atomic E-state index is -0.316. The highest BCUT2D eigenvalue weighted by atomic mass is 16.3. The zero-order valence-electron chi connectivity index (χ0n) is 16.0. The Labute approximate surface area is 160 Å². The number of carbonyl (C=O) groups excluding carboxylic acids is 1. The molecule has 4 aromatic rings. The minimum Gasteiger partial charge on any atom is -0.459 e. The molecule has 0 fully saturated rings. The SMILES string of the molecule is CCn1c2cc(C)oc2c2cnn(CC(=O)N[C@@H](C)c3ccccn3)c(=O)c21. The molecule has 8 nitrogen and oxygen atoms in total. The van der Waals surface area contributed by atoms with Gasteiger partial charge in [0.25, 0.3) is 5.56 Å². The normalized spacial score (nSPS) is 12.5. The van der Waals surface area contributed by atoms with Crippen molar-refractivity contribution in [3.63, 3.8) is 0 Å². The van der Waals surface area contributed by atoms with Crippen molar-refractivity contribution in [3.05, 3.63) is 58.5 Å². The summed E-state index contributed by atoms with van der Waals surface area (Å²) >= 11 is 0. The number of rotatable bonds is 5. The summed E-state index contributed by atoms with van der Waals surface area (Å²) in [5.74, 6) is 0.474. The lowest BCUT2D eigenvalue weighted by Crippen LogP contribution is -2.35. The average molecular weight is 379 g/mol. The van der Waals surface area contributed by atoms with Gasteiger partial charge in [0, 0.05) is 18.8 Å². The fourth-order valence-corrected chi connectivity index (χ4v) is 3.49. The Morgan fingerprint density at radius 3 is 2.89 bits per heavy atom. The first kappa shape index (κ1) is 18.0. The first-order chi connectivity index (χ1) is 13.5. The number of carbonyl (C=O) groups is 1. The lowest BCUT2D eigenvalue weighted by Gasteiger charge is -2.13. The second-order valence-corrected chi connectivity index (χ2v) is 6.73. The maximum Gasteiger partial charge on any atom is 0.291 e. The summed E-state index contributed by atoms with van der Waals surface area (Å²) in [6.45, 7) is 6.13. The van der Waals surface area contributed by atoms with Crippen molar-refractivity contribution >= 4 is 27.9 Å². The highest BCUT2D eigenvalue weighted by Gasteiger charge is 2.20. The molecule has 1 atom stereocenters. The first-order valence-electron chi connectivity index (χ1n) is 9.18. The number of hydrogen-bond donors (Lipinski definition) is 1. The molecule has 144 valence electrons. The second kappa shape index (κ2) is 6.95. The van der Waals surface area contributed by atoms with E-state index in [0.717, 1.165) is 17.0 Å². The zero-order valence-corrected chi connectivity index (χ0v) is 16.0. The second-order valence-electron chi connectivity index (χ2n) is 6.73. The molecule has 1 N–H and O–H groups in total. The van der Waals surface area contributed by atoms with E-state index in [0.29, 0.717) is 23.0 Å². The smallest absolute Gasteiger partial charge is 0.291 e. The number of nitrogens with zero attached hydrogens (tertiary/aromatic N) is 4. The van der Waals surface area contributed by atoms with Crippen molar-refractivity contribution in [3.8, 4) is 0 Å². The lowest BCUT2D eigenvalue weighted by atomic mass is 10.2. The molecular formula is C20H21N5O3. The van der Waals surface area contributed by atoms with Crippen LogP contribution in [0.2, 0.25) is 0 Å². The largest absolute Gasteiger partial charge is 0.459 e. The predicted octanol–water partition coefficient (Wildman–Crippen LogP) is 2.54. The van der Waals surface area contributed by atoms with Gasteiger partial charge in [0.05, 0.1) is 28.8 Å². The molecule has 0 aliphatic carbocycles. The molecule has 4 aromatic heterocycles. The Kier molecular flexibility index (Phi) is 4.46. The van der Waals surface area contributed by atoms with Gasteiger partial charge in [-0.2, -0.15) is 5.10 Å². The third-order valence-electron chi connectivity index (χ3n) is 4.78. The fourth-order valence-electron chi connectivity index (χ4n) is 3.49. The van der Waals surface area contributed by atoms with Gasteiger partial charge in [-0.05, 0) is 32.9 Å². The Hall–Kier alpha value is -3.42. The van der Waals surface area contributed by atoms with E-state index in [1.54, 1.807) is 12.4 Å². The molecule has 8 heteroatoms. The van der Waals surface area contributed by atoms with Crippen molar-refractivity contribution in [1.82, 2.24) is 24.6 Å². The number of aryl methyl sites for hydroxylation is 2. The van der Waals surface area contributed by atoms with Crippen LogP contribution >= 0.6 is 0 Å². The van der Waals surface area contributed by atoms with Gasteiger partial charge >= 0.3 is 0 Å². The summed E-state index contributed by atoms with van der Waals surface area (Å²) < 4.78 is 8.83. The molecule has 4 rings (SSSR count). The quantitative estimate of drug-likeness (QED) is 0.575. The summed E-state index contributed by atoms with van der Waals surface area (Å²) in [5.41, 5.74) is 2.45. The van der Waals surface area contributed by atoms with E-state index in [4.69, 9.17) is 4.42 Å². The molecule has 0 radical (unpaired) electrons. The fraction of sp³-hybridized carbons (Fsp3) is 0.300. The van der Waals surface area contributed by atoms with Gasteiger partial charge in [0.2, 0.25) is 5.91 Å². The maximum atomic E-state index is 13.0. The van der Waals surface area contributed by atoms with E-state index in [1.807, 2.05) is 49.6 Å². The van der Waals surface area contributed by atoms with Crippen molar-refractivity contribution in [2.45, 2.75) is 39.9 Å². The summed E-state index contributed by atoms with van der Waals surface area (Å²) in [5, 5.41) is 7.70. The lowest BCUT2D eigenvalue weighted by molar-refractivity contribution is -0.122. The Morgan fingerprint density at radius 2 is 2.18 bits per heavy atom. The van der Waals surface area contributed by atoms with Crippen LogP contribution in [0.5, 0.6) is 0 Å². The van der Waals surface area contributed by atoms with Gasteiger partial charge in [0.15, 0.2) is 5.58 Å². The third kappa shape index (κ3) is 2.96. The summed E-state index contributed by atoms with van der Waals surface area (Å²) in [6, 6.07) is 7.16. The van der Waals surface area contributed by atoms with Crippen molar-refractivity contribution in [1.29, 1.82) is 0 Å². The number of fused-ring (bicyclic) bond motifs is 3. The van der Waals surface area contributed by atoms with Crippen LogP contribution in [0.15, 0.2) is 45.9 Å². The highest BCUT2D eigenvalue weighted by Crippen LogP contribution is 2.29. The van der Waals surface area contributed by atoms with E-state index in [2.05, 4.69) is 15.4 Å². The Morgan fingerprint density at radius 1 is 1.36 bits per heavy atom. The molecule has 0 spiro atoms. The van der Waals surface area contributed by atoms with Crippen LogP contribution in [-0.2, 0) is 17.9 Å². The standard InChI is InChI=1S/C20H21N5O3/c1-4-24-16-9-12(2)28-19(16)14-10-22-25(20(27)18(14)24)11-17(26)23-13(3)15-7-5-6-8-21-15/h5-10,13H,4,11H2,1-3H3,(H,23,26)/t13-/m0/s1. The zero-order chi connectivity index (χ0) is 19.8. The van der Waals surface area contributed by atoms with Crippen LogP contribution in [0, 0.1) is 6.92 Å². The molecule has 1 amide bonds. The van der Waals surface area contributed by atoms with E-state index < -0.39 is 0 Å². The topological polar surface area (TPSA) is 94.9 Å². The molecule has 4 heterocycles. The summed E-state index contributed by atoms with van der Waals surface area (Å²) in [4.78, 5) is 29.7. The van der Waals surface area contributed by atoms with Crippen LogP contribution in [0.1, 0.15) is 31.3 Å². The van der Waals surface area contributed by atoms with E-state index >= 15 is 0 Å². The van der Waals surface area contributed by atoms with Gasteiger partial charge in [0.1, 0.15) is 17.8 Å². The number of amides is 1. The summed E-state index contributed by atoms with van der Waals surface area (Å²) in [6.07, 6.45) is 3.26. The van der Waals surface area contributed by atoms with Crippen molar-refractivity contribution in [2.24, 2.45) is 0 Å². The Balaban J connectivity index is 1.65. The molecular weight excluding hydrogens is 358 g/mol. The number of pyridine rings is 1. The molecule has 0 unspecified atom stereocenters. The van der Waals surface area contributed by atoms with Crippen molar-refractivity contribution in [2.75, 3.05) is 0 Å². The molecule has 28 heavy (non-hydrogen) atoms. The van der Waals surface area contributed by atoms with Gasteiger partial charge < -0.3 is 14.3 Å². The molecule has 0 saturated heterocycles.